The van der Waals surface area contributed by atoms with Gasteiger partial charge in [0.15, 0.2) is 5.69 Å². The molecule has 1 aromatic carbocycles. The summed E-state index contributed by atoms with van der Waals surface area (Å²) in [6, 6.07) is 5.24. The molecule has 9 nitrogen and oxygen atoms in total. The first-order valence-corrected chi connectivity index (χ1v) is 6.38. The number of non-ortho nitro benzene ring substituents is 1. The van der Waals surface area contributed by atoms with E-state index >= 15 is 0 Å². The molecular weight excluding hydrogens is 292 g/mol. The molecule has 0 fully saturated rings. The third kappa shape index (κ3) is 2.08. The topological polar surface area (TPSA) is 120 Å². The third-order valence-corrected chi connectivity index (χ3v) is 3.10. The lowest BCUT2D eigenvalue weighted by molar-refractivity contribution is -0.384. The summed E-state index contributed by atoms with van der Waals surface area (Å²) in [7, 11) is 0. The summed E-state index contributed by atoms with van der Waals surface area (Å²) < 4.78 is 6.19. The Morgan fingerprint density at radius 1 is 1.45 bits per heavy atom. The summed E-state index contributed by atoms with van der Waals surface area (Å²) in [4.78, 5) is 36.5. The Kier molecular flexibility index (Phi) is 3.09. The first kappa shape index (κ1) is 13.7. The monoisotopic (exact) mass is 302 g/mol. The first-order valence-electron chi connectivity index (χ1n) is 6.38. The molecular formula is C13H10N4O5. The van der Waals surface area contributed by atoms with Crippen molar-refractivity contribution in [2.24, 2.45) is 0 Å². The van der Waals surface area contributed by atoms with Gasteiger partial charge in [0.25, 0.3) is 11.2 Å². The van der Waals surface area contributed by atoms with E-state index in [1.165, 1.54) is 28.8 Å². The number of benzene rings is 1. The number of hydrogen-bond donors (Lipinski definition) is 1. The molecule has 2 heterocycles. The van der Waals surface area contributed by atoms with E-state index in [1.807, 2.05) is 0 Å². The highest BCUT2D eigenvalue weighted by molar-refractivity contribution is 5.90. The highest BCUT2D eigenvalue weighted by Crippen LogP contribution is 2.19. The maximum Gasteiger partial charge on any atom is 0.358 e. The van der Waals surface area contributed by atoms with E-state index in [0.29, 0.717) is 11.2 Å². The third-order valence-electron chi connectivity index (χ3n) is 3.10. The summed E-state index contributed by atoms with van der Waals surface area (Å²) in [5.41, 5.74) is 0.00860. The van der Waals surface area contributed by atoms with Gasteiger partial charge in [-0.1, -0.05) is 0 Å². The minimum atomic E-state index is -0.609. The molecule has 0 radical (unpaired) electrons. The van der Waals surface area contributed by atoms with E-state index in [2.05, 4.69) is 10.1 Å². The van der Waals surface area contributed by atoms with Crippen molar-refractivity contribution >= 4 is 28.2 Å². The molecule has 0 amide bonds. The second-order valence-electron chi connectivity index (χ2n) is 4.46. The number of H-pyrrole nitrogens is 1. The van der Waals surface area contributed by atoms with Crippen LogP contribution in [-0.2, 0) is 4.74 Å². The number of rotatable bonds is 3. The second kappa shape index (κ2) is 4.95. The van der Waals surface area contributed by atoms with Crippen molar-refractivity contribution in [2.45, 2.75) is 6.92 Å². The van der Waals surface area contributed by atoms with Gasteiger partial charge < -0.3 is 9.72 Å². The van der Waals surface area contributed by atoms with Gasteiger partial charge in [-0.25, -0.2) is 9.31 Å². The molecule has 2 aromatic heterocycles. The van der Waals surface area contributed by atoms with E-state index in [4.69, 9.17) is 4.74 Å². The fraction of sp³-hybridized carbons (Fsp3) is 0.154. The van der Waals surface area contributed by atoms with Crippen LogP contribution >= 0.6 is 0 Å². The predicted molar refractivity (Wildman–Crippen MR) is 75.9 cm³/mol. The van der Waals surface area contributed by atoms with Gasteiger partial charge in [0, 0.05) is 18.2 Å². The highest BCUT2D eigenvalue weighted by atomic mass is 16.6. The molecule has 0 aliphatic rings. The molecule has 1 N–H and O–H groups in total. The molecule has 22 heavy (non-hydrogen) atoms. The number of carbonyl (C=O) groups excluding carboxylic acids is 1. The Morgan fingerprint density at radius 3 is 2.91 bits per heavy atom. The van der Waals surface area contributed by atoms with Crippen molar-refractivity contribution in [3.05, 3.63) is 50.4 Å². The number of nitro groups is 1. The van der Waals surface area contributed by atoms with Crippen molar-refractivity contribution in [3.63, 3.8) is 0 Å². The minimum absolute atomic E-state index is 0.0448. The molecule has 0 aliphatic carbocycles. The Bertz CT molecular complexity index is 972. The van der Waals surface area contributed by atoms with Gasteiger partial charge in [-0.2, -0.15) is 5.10 Å². The number of carbonyl (C=O) groups is 1. The van der Waals surface area contributed by atoms with Crippen molar-refractivity contribution in [2.75, 3.05) is 6.61 Å². The molecule has 3 rings (SSSR count). The fourth-order valence-corrected chi connectivity index (χ4v) is 2.15. The normalized spacial score (nSPS) is 11.0. The summed E-state index contributed by atoms with van der Waals surface area (Å²) in [6.45, 7) is 1.88. The Balaban J connectivity index is 2.28. The van der Waals surface area contributed by atoms with E-state index in [0.717, 1.165) is 0 Å². The van der Waals surface area contributed by atoms with Gasteiger partial charge in [-0.15, -0.1) is 0 Å². The molecule has 0 atom stereocenters. The van der Waals surface area contributed by atoms with Gasteiger partial charge in [-0.3, -0.25) is 14.9 Å². The van der Waals surface area contributed by atoms with Crippen LogP contribution in [0.5, 0.6) is 0 Å². The standard InChI is InChI=1S/C13H10N4O5/c1-2-22-13(19)9-6-11-14-12(18)8-5-7(17(20)21)3-4-10(8)16(11)15-9/h3-6H,2H2,1H3,(H,14,18). The maximum absolute atomic E-state index is 12.0. The Hall–Kier alpha value is -3.23. The first-order chi connectivity index (χ1) is 10.5. The molecule has 0 spiro atoms. The molecule has 0 aliphatic heterocycles. The number of esters is 1. The average molecular weight is 302 g/mol. The van der Waals surface area contributed by atoms with Crippen LogP contribution in [0.25, 0.3) is 16.6 Å². The number of nitro benzene ring substituents is 1. The van der Waals surface area contributed by atoms with E-state index < -0.39 is 16.5 Å². The SMILES string of the molecule is CCOC(=O)c1cc2[nH]c(=O)c3cc([N+](=O)[O-])ccc3n2n1. The van der Waals surface area contributed by atoms with Gasteiger partial charge in [0.05, 0.1) is 22.4 Å². The van der Waals surface area contributed by atoms with Crippen LogP contribution in [0.2, 0.25) is 0 Å². The number of aromatic nitrogens is 3. The van der Waals surface area contributed by atoms with Gasteiger partial charge in [-0.05, 0) is 13.0 Å². The Morgan fingerprint density at radius 2 is 2.23 bits per heavy atom. The van der Waals surface area contributed by atoms with E-state index in [9.17, 15) is 19.7 Å². The van der Waals surface area contributed by atoms with Crippen molar-refractivity contribution in [1.82, 2.24) is 14.6 Å². The zero-order chi connectivity index (χ0) is 15.9. The number of hydrogen-bond acceptors (Lipinski definition) is 6. The van der Waals surface area contributed by atoms with Gasteiger partial charge in [0.1, 0.15) is 5.65 Å². The number of ether oxygens (including phenoxy) is 1. The van der Waals surface area contributed by atoms with Crippen molar-refractivity contribution < 1.29 is 14.5 Å². The second-order valence-corrected chi connectivity index (χ2v) is 4.46. The van der Waals surface area contributed by atoms with Crippen molar-refractivity contribution in [3.8, 4) is 0 Å². The van der Waals surface area contributed by atoms with E-state index in [1.54, 1.807) is 6.92 Å². The van der Waals surface area contributed by atoms with Crippen molar-refractivity contribution in [1.29, 1.82) is 0 Å². The smallest absolute Gasteiger partial charge is 0.358 e. The molecule has 0 unspecified atom stereocenters. The van der Waals surface area contributed by atoms with Crippen LogP contribution in [0.3, 0.4) is 0 Å². The fourth-order valence-electron chi connectivity index (χ4n) is 2.15. The minimum Gasteiger partial charge on any atom is -0.461 e. The van der Waals surface area contributed by atoms with Crippen LogP contribution in [0.1, 0.15) is 17.4 Å². The number of aromatic amines is 1. The Labute approximate surface area is 122 Å². The summed E-state index contributed by atoms with van der Waals surface area (Å²) >= 11 is 0. The molecule has 0 saturated carbocycles. The zero-order valence-corrected chi connectivity index (χ0v) is 11.4. The van der Waals surface area contributed by atoms with Gasteiger partial charge in [0.2, 0.25) is 0 Å². The van der Waals surface area contributed by atoms with Crippen LogP contribution in [0.15, 0.2) is 29.1 Å². The zero-order valence-electron chi connectivity index (χ0n) is 11.4. The summed E-state index contributed by atoms with van der Waals surface area (Å²) in [5, 5.41) is 15.0. The molecule has 9 heteroatoms. The van der Waals surface area contributed by atoms with E-state index in [-0.39, 0.29) is 23.4 Å². The number of fused-ring (bicyclic) bond motifs is 3. The lowest BCUT2D eigenvalue weighted by atomic mass is 10.2. The highest BCUT2D eigenvalue weighted by Gasteiger charge is 2.16. The molecule has 0 saturated heterocycles. The molecule has 0 bridgehead atoms. The maximum atomic E-state index is 12.0. The lowest BCUT2D eigenvalue weighted by Gasteiger charge is -2.00. The quantitative estimate of drug-likeness (QED) is 0.442. The van der Waals surface area contributed by atoms with Gasteiger partial charge >= 0.3 is 5.97 Å². The largest absolute Gasteiger partial charge is 0.461 e. The summed E-state index contributed by atoms with van der Waals surface area (Å²) in [5.74, 6) is -0.609. The van der Waals surface area contributed by atoms with Crippen LogP contribution in [-0.4, -0.2) is 32.1 Å². The lowest BCUT2D eigenvalue weighted by Crippen LogP contribution is -2.10. The summed E-state index contributed by atoms with van der Waals surface area (Å²) in [6.07, 6.45) is 0. The number of nitrogens with zero attached hydrogens (tertiary/aromatic N) is 3. The average Bonchev–Trinajstić information content (AvgIpc) is 2.91. The number of nitrogens with one attached hydrogen (secondary N) is 1. The molecule has 3 aromatic rings. The van der Waals surface area contributed by atoms with Crippen LogP contribution < -0.4 is 5.56 Å². The van der Waals surface area contributed by atoms with Crippen LogP contribution in [0, 0.1) is 10.1 Å². The predicted octanol–water partition coefficient (Wildman–Crippen LogP) is 1.26. The molecule has 112 valence electrons. The van der Waals surface area contributed by atoms with Crippen LogP contribution in [0.4, 0.5) is 5.69 Å².